The van der Waals surface area contributed by atoms with Crippen LogP contribution in [0.2, 0.25) is 0 Å². The number of carbonyl (C=O) groups is 1. The molecule has 0 atom stereocenters. The minimum atomic E-state index is -0.573. The number of nitro benzene ring substituents is 1. The summed E-state index contributed by atoms with van der Waals surface area (Å²) in [4.78, 5) is 22.3. The molecule has 0 N–H and O–H groups in total. The Morgan fingerprint density at radius 1 is 1.04 bits per heavy atom. The number of ether oxygens (including phenoxy) is 1. The van der Waals surface area contributed by atoms with Gasteiger partial charge in [0.05, 0.1) is 4.92 Å². The maximum absolute atomic E-state index is 12.1. The van der Waals surface area contributed by atoms with Gasteiger partial charge < -0.3 is 9.15 Å². The summed E-state index contributed by atoms with van der Waals surface area (Å²) in [6.07, 6.45) is 0. The molecule has 0 amide bonds. The number of non-ortho nitro benzene ring substituents is 1. The van der Waals surface area contributed by atoms with Gasteiger partial charge >= 0.3 is 5.97 Å². The van der Waals surface area contributed by atoms with Crippen LogP contribution in [0.25, 0.3) is 11.3 Å². The zero-order chi connectivity index (χ0) is 17.8. The first-order valence-electron chi connectivity index (χ1n) is 7.29. The van der Waals surface area contributed by atoms with Gasteiger partial charge in [-0.05, 0) is 42.0 Å². The molecule has 1 aromatic heterocycles. The van der Waals surface area contributed by atoms with Crippen molar-refractivity contribution in [2.75, 3.05) is 0 Å². The van der Waals surface area contributed by atoms with E-state index in [9.17, 15) is 14.9 Å². The number of halogens is 1. The number of nitrogens with zero attached hydrogens (tertiary/aromatic N) is 1. The highest BCUT2D eigenvalue weighted by Gasteiger charge is 2.14. The SMILES string of the molecule is O=C(OCc1ccc(Br)cc1)c1ccc(-c2ccc([N+](=O)[O-])cc2)o1. The molecule has 0 saturated heterocycles. The largest absolute Gasteiger partial charge is 0.455 e. The van der Waals surface area contributed by atoms with Crippen LogP contribution >= 0.6 is 15.9 Å². The Morgan fingerprint density at radius 3 is 2.36 bits per heavy atom. The van der Waals surface area contributed by atoms with Crippen LogP contribution in [0.1, 0.15) is 16.1 Å². The predicted molar refractivity (Wildman–Crippen MR) is 94.1 cm³/mol. The van der Waals surface area contributed by atoms with E-state index < -0.39 is 10.9 Å². The van der Waals surface area contributed by atoms with E-state index in [1.54, 1.807) is 18.2 Å². The first-order chi connectivity index (χ1) is 12.0. The Kier molecular flexibility index (Phi) is 4.95. The molecule has 0 fully saturated rings. The summed E-state index contributed by atoms with van der Waals surface area (Å²) in [7, 11) is 0. The fourth-order valence-electron chi connectivity index (χ4n) is 2.15. The Balaban J connectivity index is 1.66. The molecule has 0 spiro atoms. The van der Waals surface area contributed by atoms with Crippen molar-refractivity contribution in [3.8, 4) is 11.3 Å². The van der Waals surface area contributed by atoms with E-state index >= 15 is 0 Å². The maximum atomic E-state index is 12.1. The molecule has 0 unspecified atom stereocenters. The van der Waals surface area contributed by atoms with Crippen LogP contribution in [0.5, 0.6) is 0 Å². The maximum Gasteiger partial charge on any atom is 0.374 e. The molecule has 0 radical (unpaired) electrons. The molecule has 2 aromatic carbocycles. The molecule has 6 nitrogen and oxygen atoms in total. The van der Waals surface area contributed by atoms with Crippen LogP contribution in [0, 0.1) is 10.1 Å². The Hall–Kier alpha value is -2.93. The van der Waals surface area contributed by atoms with Crippen LogP contribution in [-0.4, -0.2) is 10.9 Å². The van der Waals surface area contributed by atoms with Gasteiger partial charge in [-0.1, -0.05) is 28.1 Å². The highest BCUT2D eigenvalue weighted by atomic mass is 79.9. The third-order valence-electron chi connectivity index (χ3n) is 3.45. The van der Waals surface area contributed by atoms with Gasteiger partial charge in [0, 0.05) is 22.2 Å². The van der Waals surface area contributed by atoms with Crippen LogP contribution in [-0.2, 0) is 11.3 Å². The zero-order valence-corrected chi connectivity index (χ0v) is 14.4. The summed E-state index contributed by atoms with van der Waals surface area (Å²) in [6.45, 7) is 0.139. The second-order valence-corrected chi connectivity index (χ2v) is 6.09. The predicted octanol–water partition coefficient (Wildman–Crippen LogP) is 4.97. The molecule has 0 aliphatic heterocycles. The highest BCUT2D eigenvalue weighted by molar-refractivity contribution is 9.10. The van der Waals surface area contributed by atoms with Crippen molar-refractivity contribution in [3.05, 3.63) is 86.6 Å². The minimum Gasteiger partial charge on any atom is -0.455 e. The third kappa shape index (κ3) is 4.13. The third-order valence-corrected chi connectivity index (χ3v) is 3.98. The van der Waals surface area contributed by atoms with E-state index in [4.69, 9.17) is 9.15 Å². The van der Waals surface area contributed by atoms with Gasteiger partial charge in [-0.15, -0.1) is 0 Å². The van der Waals surface area contributed by atoms with Crippen molar-refractivity contribution in [1.29, 1.82) is 0 Å². The van der Waals surface area contributed by atoms with Crippen LogP contribution in [0.15, 0.2) is 69.6 Å². The summed E-state index contributed by atoms with van der Waals surface area (Å²) < 4.78 is 11.6. The molecule has 3 rings (SSSR count). The normalized spacial score (nSPS) is 10.4. The summed E-state index contributed by atoms with van der Waals surface area (Å²) in [6, 6.07) is 16.4. The molecule has 0 saturated carbocycles. The van der Waals surface area contributed by atoms with Crippen molar-refractivity contribution >= 4 is 27.6 Å². The van der Waals surface area contributed by atoms with Crippen LogP contribution in [0.3, 0.4) is 0 Å². The topological polar surface area (TPSA) is 82.6 Å². The summed E-state index contributed by atoms with van der Waals surface area (Å²) >= 11 is 3.34. The Morgan fingerprint density at radius 2 is 1.72 bits per heavy atom. The molecule has 1 heterocycles. The Bertz CT molecular complexity index is 900. The second-order valence-electron chi connectivity index (χ2n) is 5.17. The van der Waals surface area contributed by atoms with Crippen molar-refractivity contribution in [1.82, 2.24) is 0 Å². The van der Waals surface area contributed by atoms with E-state index in [0.717, 1.165) is 10.0 Å². The fourth-order valence-corrected chi connectivity index (χ4v) is 2.42. The lowest BCUT2D eigenvalue weighted by Crippen LogP contribution is -2.03. The first-order valence-corrected chi connectivity index (χ1v) is 8.08. The minimum absolute atomic E-state index is 0.00978. The van der Waals surface area contributed by atoms with E-state index in [0.29, 0.717) is 11.3 Å². The number of hydrogen-bond acceptors (Lipinski definition) is 5. The van der Waals surface area contributed by atoms with Gasteiger partial charge in [-0.25, -0.2) is 4.79 Å². The molecule has 25 heavy (non-hydrogen) atoms. The van der Waals surface area contributed by atoms with Gasteiger partial charge in [0.25, 0.3) is 5.69 Å². The highest BCUT2D eigenvalue weighted by Crippen LogP contribution is 2.25. The van der Waals surface area contributed by atoms with Crippen molar-refractivity contribution < 1.29 is 18.9 Å². The quantitative estimate of drug-likeness (QED) is 0.342. The van der Waals surface area contributed by atoms with Gasteiger partial charge in [-0.2, -0.15) is 0 Å². The molecule has 3 aromatic rings. The van der Waals surface area contributed by atoms with Gasteiger partial charge in [0.1, 0.15) is 12.4 Å². The molecule has 126 valence electrons. The molecular formula is C18H12BrNO5. The first kappa shape index (κ1) is 16.9. The molecular weight excluding hydrogens is 390 g/mol. The zero-order valence-electron chi connectivity index (χ0n) is 12.8. The average Bonchev–Trinajstić information content (AvgIpc) is 3.11. The van der Waals surface area contributed by atoms with E-state index in [1.165, 1.54) is 18.2 Å². The monoisotopic (exact) mass is 401 g/mol. The lowest BCUT2D eigenvalue weighted by atomic mass is 10.1. The smallest absolute Gasteiger partial charge is 0.374 e. The molecule has 0 bridgehead atoms. The van der Waals surface area contributed by atoms with Crippen molar-refractivity contribution in [2.24, 2.45) is 0 Å². The number of hydrogen-bond donors (Lipinski definition) is 0. The number of nitro groups is 1. The lowest BCUT2D eigenvalue weighted by molar-refractivity contribution is -0.384. The van der Waals surface area contributed by atoms with E-state index in [-0.39, 0.29) is 18.1 Å². The molecule has 7 heteroatoms. The van der Waals surface area contributed by atoms with E-state index in [1.807, 2.05) is 24.3 Å². The van der Waals surface area contributed by atoms with Crippen molar-refractivity contribution in [3.63, 3.8) is 0 Å². The Labute approximate surface area is 151 Å². The number of carbonyl (C=O) groups excluding carboxylic acids is 1. The van der Waals surface area contributed by atoms with E-state index in [2.05, 4.69) is 15.9 Å². The van der Waals surface area contributed by atoms with Gasteiger partial charge in [0.2, 0.25) is 5.76 Å². The molecule has 0 aliphatic carbocycles. The van der Waals surface area contributed by atoms with Crippen LogP contribution < -0.4 is 0 Å². The summed E-state index contributed by atoms with van der Waals surface area (Å²) in [5.74, 6) is -0.0629. The number of benzene rings is 2. The standard InChI is InChI=1S/C18H12BrNO5/c19-14-5-1-12(2-6-14)11-24-18(21)17-10-9-16(25-17)13-3-7-15(8-4-13)20(22)23/h1-10H,11H2. The average molecular weight is 402 g/mol. The number of rotatable bonds is 5. The van der Waals surface area contributed by atoms with Crippen LogP contribution in [0.4, 0.5) is 5.69 Å². The lowest BCUT2D eigenvalue weighted by Gasteiger charge is -2.03. The van der Waals surface area contributed by atoms with Gasteiger partial charge in [0.15, 0.2) is 0 Å². The fraction of sp³-hybridized carbons (Fsp3) is 0.0556. The second kappa shape index (κ2) is 7.31. The summed E-state index contributed by atoms with van der Waals surface area (Å²) in [5.41, 5.74) is 1.49. The number of furan rings is 1. The summed E-state index contributed by atoms with van der Waals surface area (Å²) in [5, 5.41) is 10.7. The van der Waals surface area contributed by atoms with Crippen molar-refractivity contribution in [2.45, 2.75) is 6.61 Å². The number of esters is 1. The van der Waals surface area contributed by atoms with Gasteiger partial charge in [-0.3, -0.25) is 10.1 Å². The molecule has 0 aliphatic rings.